The Kier molecular flexibility index (Phi) is 10.1. The normalized spacial score (nSPS) is 14.8. The largest absolute Gasteiger partial charge is 0.352 e. The van der Waals surface area contributed by atoms with E-state index in [4.69, 9.17) is 23.2 Å². The Bertz CT molecular complexity index is 1400. The predicted molar refractivity (Wildman–Crippen MR) is 159 cm³/mol. The van der Waals surface area contributed by atoms with Gasteiger partial charge in [-0.25, -0.2) is 8.42 Å². The van der Waals surface area contributed by atoms with Gasteiger partial charge in [-0.05, 0) is 73.9 Å². The van der Waals surface area contributed by atoms with Crippen LogP contribution < -0.4 is 9.62 Å². The van der Waals surface area contributed by atoms with Crippen LogP contribution in [0.4, 0.5) is 5.69 Å². The summed E-state index contributed by atoms with van der Waals surface area (Å²) in [5.41, 5.74) is 1.05. The van der Waals surface area contributed by atoms with E-state index < -0.39 is 28.5 Å². The highest BCUT2D eigenvalue weighted by molar-refractivity contribution is 7.92. The summed E-state index contributed by atoms with van der Waals surface area (Å²) in [4.78, 5) is 28.8. The Morgan fingerprint density at radius 2 is 1.45 bits per heavy atom. The molecule has 0 aromatic heterocycles. The lowest BCUT2D eigenvalue weighted by molar-refractivity contribution is -0.139. The minimum atomic E-state index is -4.12. The Labute approximate surface area is 246 Å². The number of carbonyl (C=O) groups is 2. The number of anilines is 1. The number of hydrogen-bond acceptors (Lipinski definition) is 4. The zero-order valence-electron chi connectivity index (χ0n) is 22.3. The molecule has 40 heavy (non-hydrogen) atoms. The maximum Gasteiger partial charge on any atom is 0.264 e. The molecule has 7 nitrogen and oxygen atoms in total. The van der Waals surface area contributed by atoms with Crippen molar-refractivity contribution in [1.82, 2.24) is 10.2 Å². The fraction of sp³-hybridized carbons (Fsp3) is 0.333. The molecule has 0 aliphatic heterocycles. The summed E-state index contributed by atoms with van der Waals surface area (Å²) in [6, 6.07) is 20.4. The quantitative estimate of drug-likeness (QED) is 0.306. The Balaban J connectivity index is 1.65. The summed E-state index contributed by atoms with van der Waals surface area (Å²) in [7, 11) is -4.12. The van der Waals surface area contributed by atoms with Gasteiger partial charge in [0, 0.05) is 22.6 Å². The van der Waals surface area contributed by atoms with Gasteiger partial charge >= 0.3 is 0 Å². The van der Waals surface area contributed by atoms with Gasteiger partial charge in [-0.1, -0.05) is 72.8 Å². The van der Waals surface area contributed by atoms with Crippen molar-refractivity contribution >= 4 is 50.7 Å². The number of sulfonamides is 1. The van der Waals surface area contributed by atoms with Crippen molar-refractivity contribution < 1.29 is 18.0 Å². The van der Waals surface area contributed by atoms with E-state index >= 15 is 0 Å². The molecule has 1 saturated carbocycles. The van der Waals surface area contributed by atoms with Crippen molar-refractivity contribution in [2.24, 2.45) is 0 Å². The standard InChI is InChI=1S/C30H33Cl2N3O4S/c1-22(30(37)33-26-8-4-2-5-9-26)34(20-23-12-14-24(31)15-13-23)29(36)21-35(27-18-16-25(32)17-19-27)40(38,39)28-10-6-3-7-11-28/h3,6-7,10-19,22,26H,2,4-5,8-9,20-21H2,1H3,(H,33,37)/t22-/m0/s1. The summed E-state index contributed by atoms with van der Waals surface area (Å²) >= 11 is 12.1. The first-order chi connectivity index (χ1) is 19.1. The first kappa shape index (κ1) is 29.9. The van der Waals surface area contributed by atoms with Crippen LogP contribution in [0, 0.1) is 0 Å². The van der Waals surface area contributed by atoms with Crippen molar-refractivity contribution in [1.29, 1.82) is 0 Å². The second-order valence-corrected chi connectivity index (χ2v) is 12.7. The number of hydrogen-bond donors (Lipinski definition) is 1. The Morgan fingerprint density at radius 1 is 0.875 bits per heavy atom. The molecule has 3 aromatic rings. The van der Waals surface area contributed by atoms with Gasteiger partial charge in [0.15, 0.2) is 0 Å². The second-order valence-electron chi connectivity index (χ2n) is 9.97. The molecule has 0 radical (unpaired) electrons. The number of benzene rings is 3. The van der Waals surface area contributed by atoms with E-state index in [1.807, 2.05) is 0 Å². The molecule has 3 aromatic carbocycles. The molecule has 2 amide bonds. The number of nitrogens with zero attached hydrogens (tertiary/aromatic N) is 2. The summed E-state index contributed by atoms with van der Waals surface area (Å²) in [5, 5.41) is 4.08. The van der Waals surface area contributed by atoms with Crippen molar-refractivity contribution in [2.45, 2.75) is 62.6 Å². The minimum absolute atomic E-state index is 0.0464. The highest BCUT2D eigenvalue weighted by Crippen LogP contribution is 2.26. The van der Waals surface area contributed by atoms with Gasteiger partial charge in [0.25, 0.3) is 10.0 Å². The van der Waals surface area contributed by atoms with Crippen molar-refractivity contribution in [3.8, 4) is 0 Å². The first-order valence-corrected chi connectivity index (χ1v) is 15.5. The highest BCUT2D eigenvalue weighted by Gasteiger charge is 2.33. The maximum atomic E-state index is 14.0. The van der Waals surface area contributed by atoms with E-state index in [0.717, 1.165) is 42.0 Å². The molecule has 0 spiro atoms. The van der Waals surface area contributed by atoms with Crippen LogP contribution in [0.1, 0.15) is 44.6 Å². The number of rotatable bonds is 10. The van der Waals surface area contributed by atoms with E-state index in [-0.39, 0.29) is 29.1 Å². The third kappa shape index (κ3) is 7.56. The van der Waals surface area contributed by atoms with Gasteiger partial charge in [0.2, 0.25) is 11.8 Å². The molecule has 10 heteroatoms. The van der Waals surface area contributed by atoms with Gasteiger partial charge < -0.3 is 10.2 Å². The molecule has 4 rings (SSSR count). The zero-order chi connectivity index (χ0) is 28.7. The number of amides is 2. The van der Waals surface area contributed by atoms with E-state index in [9.17, 15) is 18.0 Å². The molecule has 0 unspecified atom stereocenters. The van der Waals surface area contributed by atoms with Crippen LogP contribution >= 0.6 is 23.2 Å². The predicted octanol–water partition coefficient (Wildman–Crippen LogP) is 6.05. The molecule has 1 aliphatic carbocycles. The fourth-order valence-corrected chi connectivity index (χ4v) is 6.48. The van der Waals surface area contributed by atoms with Crippen LogP contribution in [-0.2, 0) is 26.2 Å². The van der Waals surface area contributed by atoms with Crippen LogP contribution in [0.2, 0.25) is 10.0 Å². The molecule has 0 bridgehead atoms. The van der Waals surface area contributed by atoms with Gasteiger partial charge in [-0.3, -0.25) is 13.9 Å². The molecule has 0 heterocycles. The summed E-state index contributed by atoms with van der Waals surface area (Å²) in [5.74, 6) is -0.783. The lowest BCUT2D eigenvalue weighted by Crippen LogP contribution is -2.53. The molecule has 1 aliphatic rings. The summed E-state index contributed by atoms with van der Waals surface area (Å²) < 4.78 is 28.6. The van der Waals surface area contributed by atoms with Crippen LogP contribution in [0.15, 0.2) is 83.8 Å². The van der Waals surface area contributed by atoms with Gasteiger partial charge in [0.1, 0.15) is 12.6 Å². The smallest absolute Gasteiger partial charge is 0.264 e. The lowest BCUT2D eigenvalue weighted by Gasteiger charge is -2.33. The maximum absolute atomic E-state index is 14.0. The average Bonchev–Trinajstić information content (AvgIpc) is 2.96. The molecular formula is C30H33Cl2N3O4S. The van der Waals surface area contributed by atoms with Gasteiger partial charge in [-0.15, -0.1) is 0 Å². The molecule has 1 N–H and O–H groups in total. The zero-order valence-corrected chi connectivity index (χ0v) is 24.6. The molecule has 0 saturated heterocycles. The van der Waals surface area contributed by atoms with Gasteiger partial charge in [-0.2, -0.15) is 0 Å². The Hall–Kier alpha value is -3.07. The van der Waals surface area contributed by atoms with E-state index in [1.165, 1.54) is 17.0 Å². The first-order valence-electron chi connectivity index (χ1n) is 13.3. The molecular weight excluding hydrogens is 569 g/mol. The average molecular weight is 603 g/mol. The third-order valence-electron chi connectivity index (χ3n) is 7.11. The molecule has 1 fully saturated rings. The fourth-order valence-electron chi connectivity index (χ4n) is 4.79. The SMILES string of the molecule is C[C@@H](C(=O)NC1CCCCC1)N(Cc1ccc(Cl)cc1)C(=O)CN(c1ccc(Cl)cc1)S(=O)(=O)c1ccccc1. The Morgan fingerprint density at radius 3 is 2.05 bits per heavy atom. The monoisotopic (exact) mass is 601 g/mol. The van der Waals surface area contributed by atoms with Crippen LogP contribution in [0.25, 0.3) is 0 Å². The van der Waals surface area contributed by atoms with Gasteiger partial charge in [0.05, 0.1) is 10.6 Å². The summed E-state index contributed by atoms with van der Waals surface area (Å²) in [6.07, 6.45) is 5.08. The van der Waals surface area contributed by atoms with Crippen LogP contribution in [0.5, 0.6) is 0 Å². The molecule has 212 valence electrons. The lowest BCUT2D eigenvalue weighted by atomic mass is 9.95. The third-order valence-corrected chi connectivity index (χ3v) is 9.40. The number of halogens is 2. The van der Waals surface area contributed by atoms with Crippen LogP contribution in [-0.4, -0.2) is 43.8 Å². The number of carbonyl (C=O) groups excluding carboxylic acids is 2. The van der Waals surface area contributed by atoms with E-state index in [2.05, 4.69) is 5.32 Å². The summed E-state index contributed by atoms with van der Waals surface area (Å²) in [6.45, 7) is 1.27. The minimum Gasteiger partial charge on any atom is -0.352 e. The van der Waals surface area contributed by atoms with Crippen molar-refractivity contribution in [3.05, 3.63) is 94.5 Å². The highest BCUT2D eigenvalue weighted by atomic mass is 35.5. The molecule has 1 atom stereocenters. The number of nitrogens with one attached hydrogen (secondary N) is 1. The second kappa shape index (κ2) is 13.5. The van der Waals surface area contributed by atoms with E-state index in [1.54, 1.807) is 73.7 Å². The van der Waals surface area contributed by atoms with Crippen molar-refractivity contribution in [3.63, 3.8) is 0 Å². The van der Waals surface area contributed by atoms with Crippen LogP contribution in [0.3, 0.4) is 0 Å². The topological polar surface area (TPSA) is 86.8 Å². The van der Waals surface area contributed by atoms with E-state index in [0.29, 0.717) is 10.0 Å². The van der Waals surface area contributed by atoms with Crippen molar-refractivity contribution in [2.75, 3.05) is 10.8 Å².